The van der Waals surface area contributed by atoms with E-state index in [9.17, 15) is 23.3 Å². The van der Waals surface area contributed by atoms with Crippen LogP contribution in [0.2, 0.25) is 25.7 Å². The predicted octanol–water partition coefficient (Wildman–Crippen LogP) is 6.32. The van der Waals surface area contributed by atoms with E-state index in [1.54, 1.807) is 23.1 Å². The zero-order valence-corrected chi connectivity index (χ0v) is 27.2. The fourth-order valence-electron chi connectivity index (χ4n) is 5.11. The molecule has 0 spiro atoms. The molecule has 6 rings (SSSR count). The molecule has 47 heavy (non-hydrogen) atoms. The number of benzene rings is 1. The molecule has 0 N–H and O–H groups in total. The van der Waals surface area contributed by atoms with Gasteiger partial charge in [0.2, 0.25) is 5.88 Å². The Morgan fingerprint density at radius 2 is 1.89 bits per heavy atom. The number of halogens is 3. The highest BCUT2D eigenvalue weighted by Crippen LogP contribution is 2.45. The smallest absolute Gasteiger partial charge is 0.434 e. The van der Waals surface area contributed by atoms with Crippen LogP contribution >= 0.6 is 0 Å². The second-order valence-corrected chi connectivity index (χ2v) is 18.2. The SMILES string of the molecule is COc1ncnc(C2CC2)c1-c1ncc2cnn(Cc3ccc(-c4nc(C(F)(F)F)cn4COCC[Si](C)(C)C)c([N+](=O)[O-])c3)c2n1. The molecule has 0 bridgehead atoms. The number of aromatic nitrogens is 8. The number of methoxy groups -OCH3 is 1. The highest BCUT2D eigenvalue weighted by atomic mass is 28.3. The average molecular weight is 668 g/mol. The number of nitro benzene ring substituents is 1. The van der Waals surface area contributed by atoms with Crippen molar-refractivity contribution in [2.24, 2.45) is 0 Å². The van der Waals surface area contributed by atoms with Crippen molar-refractivity contribution >= 4 is 24.8 Å². The summed E-state index contributed by atoms with van der Waals surface area (Å²) in [5, 5.41) is 17.3. The molecular formula is C30H32F3N9O4Si. The van der Waals surface area contributed by atoms with Crippen LogP contribution in [-0.4, -0.2) is 66.0 Å². The van der Waals surface area contributed by atoms with Crippen LogP contribution in [0, 0.1) is 10.1 Å². The molecule has 1 saturated carbocycles. The highest BCUT2D eigenvalue weighted by Gasteiger charge is 2.36. The van der Waals surface area contributed by atoms with Crippen LogP contribution in [-0.2, 0) is 24.2 Å². The van der Waals surface area contributed by atoms with Crippen molar-refractivity contribution in [3.63, 3.8) is 0 Å². The summed E-state index contributed by atoms with van der Waals surface area (Å²) in [5.74, 6) is 0.770. The second kappa shape index (κ2) is 12.4. The van der Waals surface area contributed by atoms with E-state index in [1.807, 2.05) is 0 Å². The molecule has 4 heterocycles. The van der Waals surface area contributed by atoms with Crippen LogP contribution in [0.25, 0.3) is 33.8 Å². The molecule has 1 aliphatic carbocycles. The Labute approximate surface area is 268 Å². The van der Waals surface area contributed by atoms with Gasteiger partial charge < -0.3 is 14.0 Å². The molecule has 246 valence electrons. The number of fused-ring (bicyclic) bond motifs is 1. The molecule has 0 aliphatic heterocycles. The number of hydrogen-bond acceptors (Lipinski definition) is 10. The van der Waals surface area contributed by atoms with Crippen LogP contribution in [0.1, 0.15) is 35.7 Å². The third-order valence-corrected chi connectivity index (χ3v) is 9.43. The van der Waals surface area contributed by atoms with Gasteiger partial charge in [0, 0.05) is 39.1 Å². The Morgan fingerprint density at radius 3 is 2.57 bits per heavy atom. The minimum atomic E-state index is -4.75. The van der Waals surface area contributed by atoms with Crippen molar-refractivity contribution in [3.05, 3.63) is 70.2 Å². The second-order valence-electron chi connectivity index (χ2n) is 12.6. The molecule has 5 aromatic rings. The zero-order valence-electron chi connectivity index (χ0n) is 26.2. The molecule has 13 nitrogen and oxygen atoms in total. The first-order valence-electron chi connectivity index (χ1n) is 14.9. The number of nitrogens with zero attached hydrogens (tertiary/aromatic N) is 9. The highest BCUT2D eigenvalue weighted by molar-refractivity contribution is 6.76. The third kappa shape index (κ3) is 7.00. The maximum atomic E-state index is 13.7. The van der Waals surface area contributed by atoms with Crippen molar-refractivity contribution < 1.29 is 27.6 Å². The maximum absolute atomic E-state index is 13.7. The van der Waals surface area contributed by atoms with Gasteiger partial charge in [0.25, 0.3) is 5.69 Å². The summed E-state index contributed by atoms with van der Waals surface area (Å²) in [7, 11) is 0.0662. The Morgan fingerprint density at radius 1 is 1.11 bits per heavy atom. The lowest BCUT2D eigenvalue weighted by molar-refractivity contribution is -0.384. The zero-order chi connectivity index (χ0) is 33.5. The molecular weight excluding hydrogens is 635 g/mol. The van der Waals surface area contributed by atoms with E-state index in [0.717, 1.165) is 35.3 Å². The van der Waals surface area contributed by atoms with Crippen molar-refractivity contribution in [1.82, 2.24) is 39.3 Å². The quantitative estimate of drug-likeness (QED) is 0.0640. The van der Waals surface area contributed by atoms with Crippen molar-refractivity contribution in [1.29, 1.82) is 0 Å². The molecule has 0 amide bonds. The molecule has 0 unspecified atom stereocenters. The maximum Gasteiger partial charge on any atom is 0.434 e. The Kier molecular flexibility index (Phi) is 8.52. The molecule has 0 atom stereocenters. The number of rotatable bonds is 12. The first-order valence-corrected chi connectivity index (χ1v) is 18.6. The summed E-state index contributed by atoms with van der Waals surface area (Å²) in [5.41, 5.74) is 0.718. The number of imidazole rings is 1. The van der Waals surface area contributed by atoms with Gasteiger partial charge in [-0.2, -0.15) is 18.3 Å². The number of alkyl halides is 3. The summed E-state index contributed by atoms with van der Waals surface area (Å²) in [6.45, 7) is 6.67. The van der Waals surface area contributed by atoms with Crippen molar-refractivity contribution in [2.75, 3.05) is 13.7 Å². The van der Waals surface area contributed by atoms with Crippen LogP contribution < -0.4 is 4.74 Å². The summed E-state index contributed by atoms with van der Waals surface area (Å²) >= 11 is 0. The van der Waals surface area contributed by atoms with E-state index in [2.05, 4.69) is 44.7 Å². The van der Waals surface area contributed by atoms with Gasteiger partial charge in [-0.3, -0.25) is 10.1 Å². The lowest BCUT2D eigenvalue weighted by atomic mass is 10.1. The average Bonchev–Trinajstić information content (AvgIpc) is 3.66. The van der Waals surface area contributed by atoms with Gasteiger partial charge in [-0.25, -0.2) is 29.6 Å². The summed E-state index contributed by atoms with van der Waals surface area (Å²) < 4.78 is 54.9. The Balaban J connectivity index is 1.33. The summed E-state index contributed by atoms with van der Waals surface area (Å²) in [6, 6.07) is 5.10. The monoisotopic (exact) mass is 667 g/mol. The van der Waals surface area contributed by atoms with Crippen LogP contribution in [0.15, 0.2) is 43.1 Å². The lowest BCUT2D eigenvalue weighted by Crippen LogP contribution is -2.22. The van der Waals surface area contributed by atoms with Crippen LogP contribution in [0.4, 0.5) is 18.9 Å². The van der Waals surface area contributed by atoms with Gasteiger partial charge in [0.1, 0.15) is 24.4 Å². The minimum Gasteiger partial charge on any atom is -0.480 e. The molecule has 17 heteroatoms. The van der Waals surface area contributed by atoms with Crippen LogP contribution in [0.5, 0.6) is 5.88 Å². The van der Waals surface area contributed by atoms with E-state index >= 15 is 0 Å². The Bertz CT molecular complexity index is 1950. The number of nitro groups is 1. The van der Waals surface area contributed by atoms with E-state index in [-0.39, 0.29) is 30.6 Å². The Hall–Kier alpha value is -4.77. The van der Waals surface area contributed by atoms with Gasteiger partial charge >= 0.3 is 6.18 Å². The van der Waals surface area contributed by atoms with E-state index < -0.39 is 30.6 Å². The minimum absolute atomic E-state index is 0.0678. The van der Waals surface area contributed by atoms with Gasteiger partial charge in [-0.05, 0) is 30.5 Å². The van der Waals surface area contributed by atoms with E-state index in [1.165, 1.54) is 25.6 Å². The molecule has 1 aliphatic rings. The standard InChI is InChI=1S/C30H32F3N9O4Si/c1-45-29-24(25(19-6-7-19)35-16-36-29)26-34-12-20-13-37-41(27(20)39-26)14-18-5-8-21(22(11-18)42(43)44)28-38-23(30(31,32)33)15-40(28)17-46-9-10-47(2,3)4/h5,8,11-13,15-16,19H,6-7,9-10,14,17H2,1-4H3. The van der Waals surface area contributed by atoms with Gasteiger partial charge in [-0.1, -0.05) is 25.7 Å². The number of ether oxygens (including phenoxy) is 2. The third-order valence-electron chi connectivity index (χ3n) is 7.73. The first-order chi connectivity index (χ1) is 22.3. The lowest BCUT2D eigenvalue weighted by Gasteiger charge is -2.16. The largest absolute Gasteiger partial charge is 0.480 e. The van der Waals surface area contributed by atoms with E-state index in [4.69, 9.17) is 14.5 Å². The van der Waals surface area contributed by atoms with Crippen molar-refractivity contribution in [3.8, 4) is 28.7 Å². The molecule has 1 fully saturated rings. The molecule has 1 aromatic carbocycles. The van der Waals surface area contributed by atoms with Crippen LogP contribution in [0.3, 0.4) is 0 Å². The van der Waals surface area contributed by atoms with Gasteiger partial charge in [0.05, 0.1) is 41.4 Å². The normalized spacial score (nSPS) is 13.8. The molecule has 0 saturated heterocycles. The van der Waals surface area contributed by atoms with Gasteiger partial charge in [-0.15, -0.1) is 0 Å². The number of hydrogen-bond donors (Lipinski definition) is 0. The fourth-order valence-corrected chi connectivity index (χ4v) is 5.87. The molecule has 4 aromatic heterocycles. The topological polar surface area (TPSA) is 149 Å². The van der Waals surface area contributed by atoms with Crippen molar-refractivity contribution in [2.45, 2.75) is 63.9 Å². The fraction of sp³-hybridized carbons (Fsp3) is 0.400. The molecule has 0 radical (unpaired) electrons. The van der Waals surface area contributed by atoms with E-state index in [0.29, 0.717) is 40.5 Å². The first kappa shape index (κ1) is 32.2. The summed E-state index contributed by atoms with van der Waals surface area (Å²) in [6.07, 6.45) is 2.71. The van der Waals surface area contributed by atoms with Gasteiger partial charge in [0.15, 0.2) is 17.2 Å². The summed E-state index contributed by atoms with van der Waals surface area (Å²) in [4.78, 5) is 33.3. The predicted molar refractivity (Wildman–Crippen MR) is 167 cm³/mol.